The third-order valence-electron chi connectivity index (χ3n) is 4.16. The van der Waals surface area contributed by atoms with E-state index in [4.69, 9.17) is 15.2 Å². The van der Waals surface area contributed by atoms with E-state index < -0.39 is 23.9 Å². The number of hydrogen-bond donors (Lipinski definition) is 2. The van der Waals surface area contributed by atoms with Crippen molar-refractivity contribution in [2.75, 3.05) is 13.2 Å². The Morgan fingerprint density at radius 3 is 2.25 bits per heavy atom. The molecule has 1 aromatic heterocycles. The Kier molecular flexibility index (Phi) is 6.67. The third-order valence-corrected chi connectivity index (χ3v) is 4.16. The predicted molar refractivity (Wildman–Crippen MR) is 108 cm³/mol. The Balaban J connectivity index is 1.88. The summed E-state index contributed by atoms with van der Waals surface area (Å²) < 4.78 is 51.5. The molecular weight excluding hydrogens is 429 g/mol. The normalized spacial score (nSPS) is 11.1. The van der Waals surface area contributed by atoms with Crippen LogP contribution in [0.15, 0.2) is 54.6 Å². The summed E-state index contributed by atoms with van der Waals surface area (Å²) in [5.74, 6) is 0.218. The van der Waals surface area contributed by atoms with Crippen LogP contribution in [-0.2, 0) is 11.0 Å². The van der Waals surface area contributed by atoms with E-state index in [9.17, 15) is 22.8 Å². The number of alkyl halides is 3. The molecule has 1 heterocycles. The molecule has 0 aliphatic heterocycles. The first-order valence-corrected chi connectivity index (χ1v) is 9.36. The number of nitrogens with one attached hydrogen (secondary N) is 1. The molecule has 8 nitrogen and oxygen atoms in total. The van der Waals surface area contributed by atoms with Gasteiger partial charge >= 0.3 is 18.2 Å². The van der Waals surface area contributed by atoms with Crippen molar-refractivity contribution >= 4 is 12.0 Å². The summed E-state index contributed by atoms with van der Waals surface area (Å²) in [6.45, 7) is 1.63. The summed E-state index contributed by atoms with van der Waals surface area (Å²) in [5, 5.41) is 6.10. The van der Waals surface area contributed by atoms with Gasteiger partial charge in [-0.1, -0.05) is 0 Å². The van der Waals surface area contributed by atoms with Gasteiger partial charge in [-0.15, -0.1) is 0 Å². The van der Waals surface area contributed by atoms with Crippen molar-refractivity contribution in [2.24, 2.45) is 5.73 Å². The molecule has 0 aliphatic rings. The van der Waals surface area contributed by atoms with Crippen LogP contribution >= 0.6 is 0 Å². The van der Waals surface area contributed by atoms with Crippen LogP contribution in [-0.4, -0.2) is 34.9 Å². The van der Waals surface area contributed by atoms with Crippen molar-refractivity contribution in [1.82, 2.24) is 15.1 Å². The van der Waals surface area contributed by atoms with Gasteiger partial charge in [-0.3, -0.25) is 4.79 Å². The molecule has 3 rings (SSSR count). The first-order chi connectivity index (χ1) is 15.1. The SMILES string of the molecule is CC(=O)Oc1ccc(-n2nc(C(F)(F)F)cc2-c2ccc(OCCNC(N)=O)cc2)cc1. The van der Waals surface area contributed by atoms with Gasteiger partial charge in [-0.05, 0) is 54.6 Å². The second kappa shape index (κ2) is 9.41. The zero-order chi connectivity index (χ0) is 23.3. The zero-order valence-corrected chi connectivity index (χ0v) is 16.8. The average Bonchev–Trinajstić information content (AvgIpc) is 3.18. The molecular formula is C21H19F3N4O4. The quantitative estimate of drug-likeness (QED) is 0.327. The van der Waals surface area contributed by atoms with E-state index in [2.05, 4.69) is 10.4 Å². The summed E-state index contributed by atoms with van der Waals surface area (Å²) in [4.78, 5) is 21.7. The number of primary amides is 1. The Bertz CT molecular complexity index is 1090. The van der Waals surface area contributed by atoms with Gasteiger partial charge in [0, 0.05) is 12.5 Å². The fraction of sp³-hybridized carbons (Fsp3) is 0.190. The van der Waals surface area contributed by atoms with E-state index in [0.717, 1.165) is 10.7 Å². The maximum absolute atomic E-state index is 13.3. The van der Waals surface area contributed by atoms with Crippen LogP contribution in [0.5, 0.6) is 11.5 Å². The molecule has 0 saturated carbocycles. The number of benzene rings is 2. The van der Waals surface area contributed by atoms with Crippen LogP contribution in [0.4, 0.5) is 18.0 Å². The fourth-order valence-electron chi connectivity index (χ4n) is 2.81. The Morgan fingerprint density at radius 1 is 1.06 bits per heavy atom. The zero-order valence-electron chi connectivity index (χ0n) is 16.8. The number of carbonyl (C=O) groups is 2. The van der Waals surface area contributed by atoms with E-state index >= 15 is 0 Å². The number of aromatic nitrogens is 2. The maximum atomic E-state index is 13.3. The molecule has 0 saturated heterocycles. The van der Waals surface area contributed by atoms with Crippen LogP contribution in [0.2, 0.25) is 0 Å². The number of ether oxygens (including phenoxy) is 2. The number of urea groups is 1. The molecule has 3 aromatic rings. The fourth-order valence-corrected chi connectivity index (χ4v) is 2.81. The predicted octanol–water partition coefficient (Wildman–Crippen LogP) is 3.53. The Labute approximate surface area is 180 Å². The topological polar surface area (TPSA) is 108 Å². The van der Waals surface area contributed by atoms with Crippen molar-refractivity contribution in [2.45, 2.75) is 13.1 Å². The van der Waals surface area contributed by atoms with E-state index in [-0.39, 0.29) is 24.6 Å². The number of rotatable bonds is 7. The van der Waals surface area contributed by atoms with Crippen LogP contribution in [0, 0.1) is 0 Å². The molecule has 0 bridgehead atoms. The Hall–Kier alpha value is -4.02. The summed E-state index contributed by atoms with van der Waals surface area (Å²) in [6, 6.07) is 12.6. The standard InChI is InChI=1S/C21H19F3N4O4/c1-13(29)32-17-8-4-15(5-9-17)28-18(12-19(27-28)21(22,23)24)14-2-6-16(7-3-14)31-11-10-26-20(25)30/h2-9,12H,10-11H2,1H3,(H3,25,26,30). The molecule has 168 valence electrons. The van der Waals surface area contributed by atoms with Crippen molar-refractivity contribution in [3.63, 3.8) is 0 Å². The monoisotopic (exact) mass is 448 g/mol. The largest absolute Gasteiger partial charge is 0.492 e. The van der Waals surface area contributed by atoms with E-state index in [1.807, 2.05) is 0 Å². The summed E-state index contributed by atoms with van der Waals surface area (Å²) in [5.41, 5.74) is 4.95. The molecule has 0 spiro atoms. The van der Waals surface area contributed by atoms with Crippen molar-refractivity contribution in [3.05, 3.63) is 60.3 Å². The molecule has 2 aromatic carbocycles. The second-order valence-electron chi connectivity index (χ2n) is 6.58. The first kappa shape index (κ1) is 22.7. The maximum Gasteiger partial charge on any atom is 0.435 e. The highest BCUT2D eigenvalue weighted by Crippen LogP contribution is 2.34. The molecule has 3 N–H and O–H groups in total. The third kappa shape index (κ3) is 5.78. The molecule has 0 fully saturated rings. The van der Waals surface area contributed by atoms with Gasteiger partial charge in [0.25, 0.3) is 0 Å². The van der Waals surface area contributed by atoms with Crippen LogP contribution in [0.25, 0.3) is 16.9 Å². The lowest BCUT2D eigenvalue weighted by molar-refractivity contribution is -0.141. The molecule has 0 aliphatic carbocycles. The molecule has 0 atom stereocenters. The van der Waals surface area contributed by atoms with Crippen LogP contribution in [0.1, 0.15) is 12.6 Å². The Morgan fingerprint density at radius 2 is 1.69 bits per heavy atom. The highest BCUT2D eigenvalue weighted by Gasteiger charge is 2.35. The summed E-state index contributed by atoms with van der Waals surface area (Å²) in [6.07, 6.45) is -4.63. The smallest absolute Gasteiger partial charge is 0.435 e. The number of carbonyl (C=O) groups excluding carboxylic acids is 2. The minimum absolute atomic E-state index is 0.174. The highest BCUT2D eigenvalue weighted by atomic mass is 19.4. The number of esters is 1. The molecule has 32 heavy (non-hydrogen) atoms. The number of nitrogens with zero attached hydrogens (tertiary/aromatic N) is 2. The van der Waals surface area contributed by atoms with Gasteiger partial charge in [0.15, 0.2) is 5.69 Å². The van der Waals surface area contributed by atoms with Crippen LogP contribution < -0.4 is 20.5 Å². The van der Waals surface area contributed by atoms with Crippen molar-refractivity contribution in [1.29, 1.82) is 0 Å². The molecule has 0 unspecified atom stereocenters. The minimum Gasteiger partial charge on any atom is -0.492 e. The lowest BCUT2D eigenvalue weighted by Crippen LogP contribution is -2.32. The minimum atomic E-state index is -4.63. The highest BCUT2D eigenvalue weighted by molar-refractivity contribution is 5.71. The lowest BCUT2D eigenvalue weighted by atomic mass is 10.1. The van der Waals surface area contributed by atoms with Crippen molar-refractivity contribution in [3.8, 4) is 28.4 Å². The van der Waals surface area contributed by atoms with Crippen LogP contribution in [0.3, 0.4) is 0 Å². The van der Waals surface area contributed by atoms with Gasteiger partial charge in [0.1, 0.15) is 18.1 Å². The molecule has 11 heteroatoms. The van der Waals surface area contributed by atoms with Gasteiger partial charge in [-0.25, -0.2) is 9.48 Å². The first-order valence-electron chi connectivity index (χ1n) is 9.36. The number of hydrogen-bond acceptors (Lipinski definition) is 5. The second-order valence-corrected chi connectivity index (χ2v) is 6.58. The van der Waals surface area contributed by atoms with Crippen molar-refractivity contribution < 1.29 is 32.2 Å². The van der Waals surface area contributed by atoms with E-state index in [1.165, 1.54) is 31.2 Å². The van der Waals surface area contributed by atoms with E-state index in [0.29, 0.717) is 17.0 Å². The molecule has 0 radical (unpaired) electrons. The number of amides is 2. The van der Waals surface area contributed by atoms with Gasteiger partial charge in [-0.2, -0.15) is 18.3 Å². The summed E-state index contributed by atoms with van der Waals surface area (Å²) in [7, 11) is 0. The molecule has 2 amide bonds. The lowest BCUT2D eigenvalue weighted by Gasteiger charge is -2.10. The summed E-state index contributed by atoms with van der Waals surface area (Å²) >= 11 is 0. The van der Waals surface area contributed by atoms with Gasteiger partial charge in [0.2, 0.25) is 0 Å². The number of halogens is 3. The van der Waals surface area contributed by atoms with Gasteiger partial charge in [0.05, 0.1) is 17.9 Å². The van der Waals surface area contributed by atoms with Gasteiger partial charge < -0.3 is 20.5 Å². The van der Waals surface area contributed by atoms with E-state index in [1.54, 1.807) is 24.3 Å². The average molecular weight is 448 g/mol. The number of nitrogens with two attached hydrogens (primary N) is 1.